The Hall–Kier alpha value is -2.82. The van der Waals surface area contributed by atoms with Gasteiger partial charge in [-0.3, -0.25) is 10.1 Å². The summed E-state index contributed by atoms with van der Waals surface area (Å²) >= 11 is 0. The highest BCUT2D eigenvalue weighted by Crippen LogP contribution is 2.27. The average molecular weight is 360 g/mol. The van der Waals surface area contributed by atoms with E-state index in [4.69, 9.17) is 9.47 Å². The number of hydrogen-bond donors (Lipinski definition) is 2. The Labute approximate surface area is 149 Å². The first-order valence-electron chi connectivity index (χ1n) is 8.71. The number of anilines is 2. The molecular formula is C15H20N8O3. The minimum absolute atomic E-state index is 0.0687. The van der Waals surface area contributed by atoms with Gasteiger partial charge in [0, 0.05) is 19.3 Å². The van der Waals surface area contributed by atoms with E-state index in [-0.39, 0.29) is 23.5 Å². The zero-order valence-electron chi connectivity index (χ0n) is 14.2. The SMILES string of the molecule is O=C(Nc1nn[nH]n1)c1cnc(N2CCOCC2)nc1OC1CCCC1. The second-order valence-corrected chi connectivity index (χ2v) is 6.20. The average Bonchev–Trinajstić information content (AvgIpc) is 3.36. The second kappa shape index (κ2) is 7.60. The standard InChI is InChI=1S/C15H20N8O3/c24-12(17-14-19-21-22-20-14)11-9-16-15(23-5-7-25-8-6-23)18-13(11)26-10-3-1-2-4-10/h9-10H,1-8H2,(H2,17,19,20,21,22,24). The first-order chi connectivity index (χ1) is 12.8. The van der Waals surface area contributed by atoms with Crippen molar-refractivity contribution in [1.29, 1.82) is 0 Å². The lowest BCUT2D eigenvalue weighted by molar-refractivity contribution is 0.101. The summed E-state index contributed by atoms with van der Waals surface area (Å²) in [6.45, 7) is 2.67. The van der Waals surface area contributed by atoms with Crippen molar-refractivity contribution < 1.29 is 14.3 Å². The maximum Gasteiger partial charge on any atom is 0.270 e. The molecule has 0 aromatic carbocycles. The smallest absolute Gasteiger partial charge is 0.270 e. The number of nitrogens with one attached hydrogen (secondary N) is 2. The zero-order valence-corrected chi connectivity index (χ0v) is 14.2. The molecule has 2 N–H and O–H groups in total. The molecule has 1 aliphatic carbocycles. The third kappa shape index (κ3) is 3.72. The quantitative estimate of drug-likeness (QED) is 0.777. The van der Waals surface area contributed by atoms with Crippen LogP contribution in [0.3, 0.4) is 0 Å². The lowest BCUT2D eigenvalue weighted by Gasteiger charge is -2.27. The van der Waals surface area contributed by atoms with Crippen molar-refractivity contribution in [1.82, 2.24) is 30.6 Å². The Morgan fingerprint density at radius 2 is 2.12 bits per heavy atom. The molecule has 11 heteroatoms. The zero-order chi connectivity index (χ0) is 17.8. The largest absolute Gasteiger partial charge is 0.474 e. The summed E-state index contributed by atoms with van der Waals surface area (Å²) in [4.78, 5) is 23.5. The van der Waals surface area contributed by atoms with E-state index in [9.17, 15) is 4.79 Å². The fraction of sp³-hybridized carbons (Fsp3) is 0.600. The molecule has 0 unspecified atom stereocenters. The molecule has 1 saturated carbocycles. The highest BCUT2D eigenvalue weighted by Gasteiger charge is 2.24. The van der Waals surface area contributed by atoms with Crippen molar-refractivity contribution in [3.63, 3.8) is 0 Å². The molecule has 2 fully saturated rings. The summed E-state index contributed by atoms with van der Waals surface area (Å²) in [5.41, 5.74) is 0.249. The molecule has 2 aliphatic rings. The predicted octanol–water partition coefficient (Wildman–Crippen LogP) is 0.400. The van der Waals surface area contributed by atoms with Crippen molar-refractivity contribution in [3.8, 4) is 5.88 Å². The Balaban J connectivity index is 1.59. The molecule has 2 aromatic heterocycles. The number of rotatable bonds is 5. The van der Waals surface area contributed by atoms with Crippen LogP contribution in [0.25, 0.3) is 0 Å². The molecule has 0 bridgehead atoms. The summed E-state index contributed by atoms with van der Waals surface area (Å²) in [7, 11) is 0. The molecule has 0 atom stereocenters. The molecule has 11 nitrogen and oxygen atoms in total. The number of aromatic nitrogens is 6. The van der Waals surface area contributed by atoms with Crippen molar-refractivity contribution in [2.75, 3.05) is 36.5 Å². The minimum Gasteiger partial charge on any atom is -0.474 e. The maximum atomic E-state index is 12.6. The van der Waals surface area contributed by atoms with Gasteiger partial charge in [0.2, 0.25) is 11.8 Å². The minimum atomic E-state index is -0.437. The number of H-pyrrole nitrogens is 1. The molecule has 0 spiro atoms. The van der Waals surface area contributed by atoms with E-state index >= 15 is 0 Å². The highest BCUT2D eigenvalue weighted by molar-refractivity contribution is 6.04. The molecule has 4 rings (SSSR count). The van der Waals surface area contributed by atoms with Gasteiger partial charge in [-0.15, -0.1) is 5.10 Å². The topological polar surface area (TPSA) is 131 Å². The molecule has 138 valence electrons. The molecule has 1 saturated heterocycles. The van der Waals surface area contributed by atoms with Crippen LogP contribution in [0.4, 0.5) is 11.9 Å². The van der Waals surface area contributed by atoms with Crippen LogP contribution in [-0.4, -0.2) is 68.9 Å². The molecule has 26 heavy (non-hydrogen) atoms. The molecule has 0 radical (unpaired) electrons. The number of hydrogen-bond acceptors (Lipinski definition) is 9. The number of carbonyl (C=O) groups is 1. The summed E-state index contributed by atoms with van der Waals surface area (Å²) in [5.74, 6) is 0.471. The van der Waals surface area contributed by atoms with E-state index in [0.29, 0.717) is 32.3 Å². The van der Waals surface area contributed by atoms with Gasteiger partial charge < -0.3 is 14.4 Å². The second-order valence-electron chi connectivity index (χ2n) is 6.20. The van der Waals surface area contributed by atoms with Crippen LogP contribution < -0.4 is 15.0 Å². The van der Waals surface area contributed by atoms with Gasteiger partial charge >= 0.3 is 0 Å². The first kappa shape index (κ1) is 16.6. The summed E-state index contributed by atoms with van der Waals surface area (Å²) in [5, 5.41) is 15.7. The van der Waals surface area contributed by atoms with E-state index in [1.807, 2.05) is 4.90 Å². The molecule has 1 amide bonds. The van der Waals surface area contributed by atoms with Crippen LogP contribution in [-0.2, 0) is 4.74 Å². The van der Waals surface area contributed by atoms with Crippen LogP contribution in [0.2, 0.25) is 0 Å². The lowest BCUT2D eigenvalue weighted by Crippen LogP contribution is -2.37. The van der Waals surface area contributed by atoms with Gasteiger partial charge in [0.15, 0.2) is 0 Å². The number of amides is 1. The predicted molar refractivity (Wildman–Crippen MR) is 90.1 cm³/mol. The van der Waals surface area contributed by atoms with Crippen LogP contribution >= 0.6 is 0 Å². The molecule has 2 aromatic rings. The normalized spacial score (nSPS) is 18.1. The van der Waals surface area contributed by atoms with Crippen molar-refractivity contribution in [3.05, 3.63) is 11.8 Å². The molecule has 1 aliphatic heterocycles. The number of morpholine rings is 1. The number of aromatic amines is 1. The highest BCUT2D eigenvalue weighted by atomic mass is 16.5. The number of tetrazole rings is 1. The summed E-state index contributed by atoms with van der Waals surface area (Å²) < 4.78 is 11.4. The number of carbonyl (C=O) groups excluding carboxylic acids is 1. The fourth-order valence-electron chi connectivity index (χ4n) is 3.07. The summed E-state index contributed by atoms with van der Waals surface area (Å²) in [6.07, 6.45) is 5.72. The van der Waals surface area contributed by atoms with E-state index in [1.165, 1.54) is 6.20 Å². The van der Waals surface area contributed by atoms with Crippen LogP contribution in [0, 0.1) is 0 Å². The van der Waals surface area contributed by atoms with E-state index in [0.717, 1.165) is 25.7 Å². The van der Waals surface area contributed by atoms with E-state index < -0.39 is 5.91 Å². The Morgan fingerprint density at radius 3 is 2.85 bits per heavy atom. The summed E-state index contributed by atoms with van der Waals surface area (Å²) in [6, 6.07) is 0. The van der Waals surface area contributed by atoms with Gasteiger partial charge in [0.25, 0.3) is 11.9 Å². The third-order valence-corrected chi connectivity index (χ3v) is 4.43. The number of ether oxygens (including phenoxy) is 2. The maximum absolute atomic E-state index is 12.6. The Kier molecular flexibility index (Phi) is 4.86. The molecular weight excluding hydrogens is 340 g/mol. The monoisotopic (exact) mass is 360 g/mol. The van der Waals surface area contributed by atoms with Gasteiger partial charge in [0.1, 0.15) is 11.7 Å². The first-order valence-corrected chi connectivity index (χ1v) is 8.71. The lowest BCUT2D eigenvalue weighted by atomic mass is 10.2. The van der Waals surface area contributed by atoms with Gasteiger partial charge in [-0.05, 0) is 30.9 Å². The Morgan fingerprint density at radius 1 is 1.31 bits per heavy atom. The third-order valence-electron chi connectivity index (χ3n) is 4.43. The Bertz CT molecular complexity index is 741. The van der Waals surface area contributed by atoms with Crippen molar-refractivity contribution >= 4 is 17.8 Å². The van der Waals surface area contributed by atoms with Gasteiger partial charge in [-0.25, -0.2) is 4.98 Å². The van der Waals surface area contributed by atoms with Crippen molar-refractivity contribution in [2.45, 2.75) is 31.8 Å². The van der Waals surface area contributed by atoms with Crippen LogP contribution in [0.5, 0.6) is 5.88 Å². The van der Waals surface area contributed by atoms with Gasteiger partial charge in [-0.2, -0.15) is 10.2 Å². The van der Waals surface area contributed by atoms with Crippen LogP contribution in [0.1, 0.15) is 36.0 Å². The van der Waals surface area contributed by atoms with Gasteiger partial charge in [-0.1, -0.05) is 5.10 Å². The van der Waals surface area contributed by atoms with Gasteiger partial charge in [0.05, 0.1) is 13.2 Å². The molecule has 3 heterocycles. The number of nitrogens with zero attached hydrogens (tertiary/aromatic N) is 6. The van der Waals surface area contributed by atoms with E-state index in [1.54, 1.807) is 0 Å². The van der Waals surface area contributed by atoms with Crippen molar-refractivity contribution in [2.24, 2.45) is 0 Å². The van der Waals surface area contributed by atoms with Crippen LogP contribution in [0.15, 0.2) is 6.20 Å². The fourth-order valence-corrected chi connectivity index (χ4v) is 3.07. The van der Waals surface area contributed by atoms with E-state index in [2.05, 4.69) is 35.9 Å².